The normalized spacial score (nSPS) is 30.7. The van der Waals surface area contributed by atoms with Crippen molar-refractivity contribution >= 4 is 5.96 Å². The van der Waals surface area contributed by atoms with E-state index in [1.165, 1.54) is 12.8 Å². The highest BCUT2D eigenvalue weighted by atomic mass is 16.5. The van der Waals surface area contributed by atoms with Gasteiger partial charge in [-0.2, -0.15) is 0 Å². The third kappa shape index (κ3) is 4.94. The van der Waals surface area contributed by atoms with Crippen LogP contribution in [0, 0.1) is 0 Å². The fourth-order valence-corrected chi connectivity index (χ4v) is 2.77. The number of guanidine groups is 1. The Kier molecular flexibility index (Phi) is 6.10. The van der Waals surface area contributed by atoms with Gasteiger partial charge in [-0.15, -0.1) is 0 Å². The summed E-state index contributed by atoms with van der Waals surface area (Å²) in [7, 11) is 0. The van der Waals surface area contributed by atoms with Crippen molar-refractivity contribution in [3.63, 3.8) is 0 Å². The van der Waals surface area contributed by atoms with Crippen LogP contribution in [0.5, 0.6) is 0 Å². The molecule has 2 N–H and O–H groups in total. The molecule has 0 aliphatic carbocycles. The third-order valence-corrected chi connectivity index (χ3v) is 4.00. The van der Waals surface area contributed by atoms with E-state index >= 15 is 0 Å². The standard InChI is InChI=1S/C15H29N3O2/c1-3-16-14(17-9-7-13-6-4-10-19-13)18-12-15(2)8-5-11-20-15/h13H,3-12H2,1-2H3,(H2,16,17,18). The van der Waals surface area contributed by atoms with Crippen LogP contribution in [0.1, 0.15) is 46.0 Å². The van der Waals surface area contributed by atoms with Crippen molar-refractivity contribution in [2.75, 3.05) is 32.8 Å². The largest absolute Gasteiger partial charge is 0.378 e. The Labute approximate surface area is 122 Å². The molecule has 2 heterocycles. The zero-order chi connectivity index (χ0) is 14.3. The number of rotatable bonds is 6. The molecule has 2 rings (SSSR count). The molecule has 2 fully saturated rings. The van der Waals surface area contributed by atoms with E-state index in [9.17, 15) is 0 Å². The van der Waals surface area contributed by atoms with E-state index in [0.717, 1.165) is 58.1 Å². The van der Waals surface area contributed by atoms with E-state index in [0.29, 0.717) is 6.10 Å². The molecule has 5 nitrogen and oxygen atoms in total. The van der Waals surface area contributed by atoms with Gasteiger partial charge in [-0.1, -0.05) is 0 Å². The van der Waals surface area contributed by atoms with Crippen LogP contribution >= 0.6 is 0 Å². The van der Waals surface area contributed by atoms with Crippen LogP contribution < -0.4 is 10.6 Å². The summed E-state index contributed by atoms with van der Waals surface area (Å²) in [6, 6.07) is 0. The minimum absolute atomic E-state index is 0.0725. The second-order valence-electron chi connectivity index (χ2n) is 5.95. The molecule has 0 aromatic carbocycles. The highest BCUT2D eigenvalue weighted by Gasteiger charge is 2.29. The molecule has 0 aromatic rings. The first-order chi connectivity index (χ1) is 9.72. The van der Waals surface area contributed by atoms with Gasteiger partial charge in [0.2, 0.25) is 0 Å². The van der Waals surface area contributed by atoms with Gasteiger partial charge in [0, 0.05) is 26.3 Å². The maximum absolute atomic E-state index is 5.77. The maximum atomic E-state index is 5.77. The number of ether oxygens (including phenoxy) is 2. The minimum Gasteiger partial charge on any atom is -0.378 e. The summed E-state index contributed by atoms with van der Waals surface area (Å²) in [6.07, 6.45) is 6.13. The molecule has 0 radical (unpaired) electrons. The summed E-state index contributed by atoms with van der Waals surface area (Å²) in [5, 5.41) is 6.68. The predicted octanol–water partition coefficient (Wildman–Crippen LogP) is 1.68. The molecule has 0 spiro atoms. The van der Waals surface area contributed by atoms with Crippen LogP contribution in [0.2, 0.25) is 0 Å². The molecule has 2 atom stereocenters. The quantitative estimate of drug-likeness (QED) is 0.575. The lowest BCUT2D eigenvalue weighted by Gasteiger charge is -2.21. The molecule has 2 aliphatic heterocycles. The number of aliphatic imine (C=N–C) groups is 1. The van der Waals surface area contributed by atoms with Crippen LogP contribution in [0.3, 0.4) is 0 Å². The molecular formula is C15H29N3O2. The first-order valence-corrected chi connectivity index (χ1v) is 7.99. The molecule has 116 valence electrons. The zero-order valence-electron chi connectivity index (χ0n) is 12.9. The Balaban J connectivity index is 1.73. The summed E-state index contributed by atoms with van der Waals surface area (Å²) in [4.78, 5) is 4.66. The Morgan fingerprint density at radius 2 is 2.20 bits per heavy atom. The van der Waals surface area contributed by atoms with Crippen molar-refractivity contribution in [3.8, 4) is 0 Å². The molecule has 2 unspecified atom stereocenters. The van der Waals surface area contributed by atoms with E-state index in [4.69, 9.17) is 9.47 Å². The Hall–Kier alpha value is -0.810. The molecule has 5 heteroatoms. The molecular weight excluding hydrogens is 254 g/mol. The Morgan fingerprint density at radius 3 is 2.85 bits per heavy atom. The maximum Gasteiger partial charge on any atom is 0.191 e. The van der Waals surface area contributed by atoms with E-state index in [1.54, 1.807) is 0 Å². The van der Waals surface area contributed by atoms with Crippen LogP contribution in [0.4, 0.5) is 0 Å². The van der Waals surface area contributed by atoms with Crippen LogP contribution in [-0.2, 0) is 9.47 Å². The molecule has 0 amide bonds. The van der Waals surface area contributed by atoms with Gasteiger partial charge in [-0.05, 0) is 46.0 Å². The van der Waals surface area contributed by atoms with Gasteiger partial charge >= 0.3 is 0 Å². The molecule has 0 bridgehead atoms. The SMILES string of the molecule is CCNC(=NCC1(C)CCCO1)NCCC1CCCO1. The minimum atomic E-state index is -0.0725. The number of hydrogen-bond donors (Lipinski definition) is 2. The molecule has 2 aliphatic rings. The summed E-state index contributed by atoms with van der Waals surface area (Å²) < 4.78 is 11.4. The van der Waals surface area contributed by atoms with E-state index < -0.39 is 0 Å². The summed E-state index contributed by atoms with van der Waals surface area (Å²) in [6.45, 7) is 8.55. The summed E-state index contributed by atoms with van der Waals surface area (Å²) >= 11 is 0. The average Bonchev–Trinajstić information content (AvgIpc) is 3.08. The molecule has 2 saturated heterocycles. The molecule has 0 saturated carbocycles. The lowest BCUT2D eigenvalue weighted by Crippen LogP contribution is -2.40. The predicted molar refractivity (Wildman–Crippen MR) is 81.2 cm³/mol. The van der Waals surface area contributed by atoms with Crippen molar-refractivity contribution in [2.45, 2.75) is 57.7 Å². The fraction of sp³-hybridized carbons (Fsp3) is 0.933. The molecule has 20 heavy (non-hydrogen) atoms. The lowest BCUT2D eigenvalue weighted by molar-refractivity contribution is 0.0283. The van der Waals surface area contributed by atoms with Crippen LogP contribution in [0.25, 0.3) is 0 Å². The van der Waals surface area contributed by atoms with Crippen molar-refractivity contribution in [1.29, 1.82) is 0 Å². The highest BCUT2D eigenvalue weighted by molar-refractivity contribution is 5.79. The summed E-state index contributed by atoms with van der Waals surface area (Å²) in [5.41, 5.74) is -0.0725. The van der Waals surface area contributed by atoms with Crippen molar-refractivity contribution in [2.24, 2.45) is 4.99 Å². The Morgan fingerprint density at radius 1 is 1.30 bits per heavy atom. The van der Waals surface area contributed by atoms with Gasteiger partial charge in [0.1, 0.15) is 0 Å². The Bertz CT molecular complexity index is 308. The lowest BCUT2D eigenvalue weighted by atomic mass is 10.0. The first kappa shape index (κ1) is 15.6. The third-order valence-electron chi connectivity index (χ3n) is 4.00. The number of nitrogens with zero attached hydrogens (tertiary/aromatic N) is 1. The van der Waals surface area contributed by atoms with E-state index in [2.05, 4.69) is 29.5 Å². The van der Waals surface area contributed by atoms with Gasteiger partial charge in [0.05, 0.1) is 18.2 Å². The van der Waals surface area contributed by atoms with Gasteiger partial charge in [-0.25, -0.2) is 0 Å². The van der Waals surface area contributed by atoms with Crippen molar-refractivity contribution in [1.82, 2.24) is 10.6 Å². The van der Waals surface area contributed by atoms with Crippen molar-refractivity contribution < 1.29 is 9.47 Å². The first-order valence-electron chi connectivity index (χ1n) is 7.99. The van der Waals surface area contributed by atoms with Gasteiger partial charge in [0.25, 0.3) is 0 Å². The van der Waals surface area contributed by atoms with Crippen LogP contribution in [-0.4, -0.2) is 50.5 Å². The number of nitrogens with one attached hydrogen (secondary N) is 2. The average molecular weight is 283 g/mol. The van der Waals surface area contributed by atoms with Gasteiger partial charge < -0.3 is 20.1 Å². The van der Waals surface area contributed by atoms with E-state index in [1.807, 2.05) is 0 Å². The fourth-order valence-electron chi connectivity index (χ4n) is 2.77. The topological polar surface area (TPSA) is 54.9 Å². The highest BCUT2D eigenvalue weighted by Crippen LogP contribution is 2.24. The zero-order valence-corrected chi connectivity index (χ0v) is 12.9. The van der Waals surface area contributed by atoms with Crippen LogP contribution in [0.15, 0.2) is 4.99 Å². The van der Waals surface area contributed by atoms with Gasteiger partial charge in [0.15, 0.2) is 5.96 Å². The summed E-state index contributed by atoms with van der Waals surface area (Å²) in [5.74, 6) is 0.891. The van der Waals surface area contributed by atoms with Gasteiger partial charge in [-0.3, -0.25) is 4.99 Å². The van der Waals surface area contributed by atoms with E-state index in [-0.39, 0.29) is 5.60 Å². The second-order valence-corrected chi connectivity index (χ2v) is 5.95. The number of hydrogen-bond acceptors (Lipinski definition) is 3. The monoisotopic (exact) mass is 283 g/mol. The smallest absolute Gasteiger partial charge is 0.191 e. The van der Waals surface area contributed by atoms with Crippen molar-refractivity contribution in [3.05, 3.63) is 0 Å². The molecule has 0 aromatic heterocycles. The second kappa shape index (κ2) is 7.84.